The van der Waals surface area contributed by atoms with E-state index in [0.717, 1.165) is 31.0 Å². The first kappa shape index (κ1) is 24.7. The molecule has 6 nitrogen and oxygen atoms in total. The highest BCUT2D eigenvalue weighted by molar-refractivity contribution is 14.0. The van der Waals surface area contributed by atoms with Crippen molar-refractivity contribution < 1.29 is 4.79 Å². The number of likely N-dealkylation sites (tertiary alicyclic amines) is 1. The predicted molar refractivity (Wildman–Crippen MR) is 128 cm³/mol. The van der Waals surface area contributed by atoms with Crippen LogP contribution in [-0.2, 0) is 6.54 Å². The van der Waals surface area contributed by atoms with Gasteiger partial charge in [0.1, 0.15) is 0 Å². The Kier molecular flexibility index (Phi) is 12.9. The number of amides is 1. The minimum absolute atomic E-state index is 0. The van der Waals surface area contributed by atoms with Crippen LogP contribution >= 0.6 is 24.0 Å². The lowest BCUT2D eigenvalue weighted by Crippen LogP contribution is -2.38. The van der Waals surface area contributed by atoms with Gasteiger partial charge in [-0.1, -0.05) is 25.0 Å². The van der Waals surface area contributed by atoms with E-state index in [2.05, 4.69) is 25.8 Å². The number of halogens is 1. The van der Waals surface area contributed by atoms with Gasteiger partial charge in [-0.25, -0.2) is 0 Å². The summed E-state index contributed by atoms with van der Waals surface area (Å²) < 4.78 is 0. The van der Waals surface area contributed by atoms with Crippen LogP contribution in [0.15, 0.2) is 29.3 Å². The van der Waals surface area contributed by atoms with E-state index >= 15 is 0 Å². The maximum atomic E-state index is 11.9. The number of guanidine groups is 1. The number of hydrogen-bond donors (Lipinski definition) is 3. The van der Waals surface area contributed by atoms with Crippen LogP contribution in [0, 0.1) is 0 Å². The number of carbonyl (C=O) groups is 1. The number of carbonyl (C=O) groups excluding carboxylic acids is 1. The van der Waals surface area contributed by atoms with Gasteiger partial charge in [0.25, 0.3) is 5.91 Å². The van der Waals surface area contributed by atoms with Crippen LogP contribution in [0.25, 0.3) is 0 Å². The summed E-state index contributed by atoms with van der Waals surface area (Å²) in [4.78, 5) is 18.8. The molecule has 0 spiro atoms. The van der Waals surface area contributed by atoms with Crippen LogP contribution in [0.1, 0.15) is 54.9 Å². The highest BCUT2D eigenvalue weighted by atomic mass is 127. The Labute approximate surface area is 187 Å². The van der Waals surface area contributed by atoms with Crippen LogP contribution in [-0.4, -0.2) is 56.5 Å². The lowest BCUT2D eigenvalue weighted by atomic mass is 10.1. The molecule has 1 aliphatic rings. The van der Waals surface area contributed by atoms with Gasteiger partial charge in [-0.3, -0.25) is 9.79 Å². The molecule has 0 atom stereocenters. The summed E-state index contributed by atoms with van der Waals surface area (Å²) in [6, 6.07) is 7.69. The normalized spacial score (nSPS) is 15.3. The van der Waals surface area contributed by atoms with E-state index in [4.69, 9.17) is 0 Å². The molecule has 1 fully saturated rings. The summed E-state index contributed by atoms with van der Waals surface area (Å²) >= 11 is 0. The Morgan fingerprint density at radius 3 is 2.54 bits per heavy atom. The second-order valence-corrected chi connectivity index (χ2v) is 7.02. The van der Waals surface area contributed by atoms with Crippen molar-refractivity contribution in [3.05, 3.63) is 35.4 Å². The summed E-state index contributed by atoms with van der Waals surface area (Å²) in [5.41, 5.74) is 1.75. The monoisotopic (exact) mass is 501 g/mol. The lowest BCUT2D eigenvalue weighted by molar-refractivity contribution is 0.0955. The molecule has 1 aliphatic heterocycles. The molecule has 1 saturated heterocycles. The van der Waals surface area contributed by atoms with E-state index in [1.807, 2.05) is 31.2 Å². The Bertz CT molecular complexity index is 600. The Morgan fingerprint density at radius 1 is 1.11 bits per heavy atom. The summed E-state index contributed by atoms with van der Waals surface area (Å²) in [5.74, 6) is 0.768. The van der Waals surface area contributed by atoms with Gasteiger partial charge in [0.15, 0.2) is 5.96 Å². The molecule has 2 rings (SSSR count). The summed E-state index contributed by atoms with van der Waals surface area (Å²) in [6.07, 6.45) is 6.56. The second-order valence-electron chi connectivity index (χ2n) is 7.02. The lowest BCUT2D eigenvalue weighted by Gasteiger charge is -2.20. The van der Waals surface area contributed by atoms with Crippen molar-refractivity contribution in [3.63, 3.8) is 0 Å². The molecule has 0 bridgehead atoms. The van der Waals surface area contributed by atoms with E-state index in [0.29, 0.717) is 18.7 Å². The second kappa shape index (κ2) is 14.6. The van der Waals surface area contributed by atoms with Gasteiger partial charge in [0, 0.05) is 32.2 Å². The van der Waals surface area contributed by atoms with Gasteiger partial charge in [-0.15, -0.1) is 24.0 Å². The van der Waals surface area contributed by atoms with Crippen molar-refractivity contribution in [2.24, 2.45) is 4.99 Å². The molecule has 1 aromatic rings. The maximum absolute atomic E-state index is 11.9. The third-order valence-electron chi connectivity index (χ3n) is 4.85. The molecule has 0 unspecified atom stereocenters. The predicted octanol–water partition coefficient (Wildman–Crippen LogP) is 2.99. The molecule has 0 radical (unpaired) electrons. The van der Waals surface area contributed by atoms with Crippen LogP contribution in [0.5, 0.6) is 0 Å². The highest BCUT2D eigenvalue weighted by Crippen LogP contribution is 2.09. The molecule has 0 aromatic heterocycles. The van der Waals surface area contributed by atoms with Crippen LogP contribution in [0.2, 0.25) is 0 Å². The third kappa shape index (κ3) is 9.23. The third-order valence-corrected chi connectivity index (χ3v) is 4.85. The number of aliphatic imine (C=N–C) groups is 1. The average molecular weight is 501 g/mol. The summed E-state index contributed by atoms with van der Waals surface area (Å²) in [5, 5.41) is 9.54. The fraction of sp³-hybridized carbons (Fsp3) is 0.619. The van der Waals surface area contributed by atoms with E-state index in [-0.39, 0.29) is 29.9 Å². The van der Waals surface area contributed by atoms with Gasteiger partial charge in [0.2, 0.25) is 0 Å². The van der Waals surface area contributed by atoms with Gasteiger partial charge < -0.3 is 20.9 Å². The van der Waals surface area contributed by atoms with E-state index in [1.54, 1.807) is 7.05 Å². The highest BCUT2D eigenvalue weighted by Gasteiger charge is 2.08. The SMILES string of the molecule is CCNC(=O)c1cccc(CNC(=NC)NCCCN2CCCCCC2)c1.I. The molecule has 0 aliphatic carbocycles. The maximum Gasteiger partial charge on any atom is 0.251 e. The van der Waals surface area contributed by atoms with Crippen molar-refractivity contribution in [2.75, 3.05) is 39.8 Å². The zero-order valence-electron chi connectivity index (χ0n) is 17.3. The fourth-order valence-corrected chi connectivity index (χ4v) is 3.36. The molecule has 3 N–H and O–H groups in total. The van der Waals surface area contributed by atoms with Gasteiger partial charge in [-0.2, -0.15) is 0 Å². The molecule has 0 saturated carbocycles. The van der Waals surface area contributed by atoms with Gasteiger partial charge in [-0.05, 0) is 63.5 Å². The molecular formula is C21H36IN5O. The van der Waals surface area contributed by atoms with Crippen LogP contribution in [0.3, 0.4) is 0 Å². The van der Waals surface area contributed by atoms with Gasteiger partial charge >= 0.3 is 0 Å². The number of benzene rings is 1. The van der Waals surface area contributed by atoms with Crippen LogP contribution < -0.4 is 16.0 Å². The minimum atomic E-state index is -0.0321. The molecule has 28 heavy (non-hydrogen) atoms. The van der Waals surface area contributed by atoms with E-state index < -0.39 is 0 Å². The first-order chi connectivity index (χ1) is 13.2. The van der Waals surface area contributed by atoms with E-state index in [9.17, 15) is 4.79 Å². The van der Waals surface area contributed by atoms with E-state index in [1.165, 1.54) is 38.8 Å². The Balaban J connectivity index is 0.00000392. The standard InChI is InChI=1S/C21H35N5O.HI/c1-3-23-20(27)19-11-8-10-18(16-19)17-25-21(22-2)24-12-9-15-26-13-6-4-5-7-14-26;/h8,10-11,16H,3-7,9,12-15,17H2,1-2H3,(H,23,27)(H2,22,24,25);1H. The Morgan fingerprint density at radius 2 is 1.86 bits per heavy atom. The summed E-state index contributed by atoms with van der Waals surface area (Å²) in [7, 11) is 1.79. The Hall–Kier alpha value is -1.35. The van der Waals surface area contributed by atoms with Crippen molar-refractivity contribution in [1.82, 2.24) is 20.9 Å². The zero-order valence-corrected chi connectivity index (χ0v) is 19.6. The number of rotatable bonds is 8. The summed E-state index contributed by atoms with van der Waals surface area (Å²) in [6.45, 7) is 7.75. The quantitative estimate of drug-likeness (QED) is 0.222. The zero-order chi connectivity index (χ0) is 19.3. The number of nitrogens with one attached hydrogen (secondary N) is 3. The largest absolute Gasteiger partial charge is 0.356 e. The first-order valence-electron chi connectivity index (χ1n) is 10.3. The van der Waals surface area contributed by atoms with Crippen molar-refractivity contribution in [3.8, 4) is 0 Å². The molecule has 1 amide bonds. The molecule has 1 heterocycles. The first-order valence-corrected chi connectivity index (χ1v) is 10.3. The molecular weight excluding hydrogens is 465 g/mol. The number of hydrogen-bond acceptors (Lipinski definition) is 3. The molecule has 158 valence electrons. The van der Waals surface area contributed by atoms with Gasteiger partial charge in [0.05, 0.1) is 0 Å². The average Bonchev–Trinajstić information content (AvgIpc) is 2.97. The van der Waals surface area contributed by atoms with Crippen molar-refractivity contribution >= 4 is 35.8 Å². The topological polar surface area (TPSA) is 68.8 Å². The molecule has 7 heteroatoms. The minimum Gasteiger partial charge on any atom is -0.356 e. The van der Waals surface area contributed by atoms with Crippen molar-refractivity contribution in [1.29, 1.82) is 0 Å². The number of nitrogens with zero attached hydrogens (tertiary/aromatic N) is 2. The van der Waals surface area contributed by atoms with Crippen molar-refractivity contribution in [2.45, 2.75) is 45.6 Å². The fourth-order valence-electron chi connectivity index (χ4n) is 3.36. The molecule has 1 aromatic carbocycles. The van der Waals surface area contributed by atoms with Crippen LogP contribution in [0.4, 0.5) is 0 Å². The smallest absolute Gasteiger partial charge is 0.251 e.